The van der Waals surface area contributed by atoms with Crippen molar-refractivity contribution in [2.45, 2.75) is 41.0 Å². The number of nitrogens with zero attached hydrogens (tertiary/aromatic N) is 1. The second-order valence-electron chi connectivity index (χ2n) is 7.24. The number of benzene rings is 1. The molecule has 0 spiro atoms. The molecule has 1 N–H and O–H groups in total. The number of hydrogen-bond donors (Lipinski definition) is 1. The van der Waals surface area contributed by atoms with Crippen molar-refractivity contribution in [2.24, 2.45) is 5.92 Å². The Kier molecular flexibility index (Phi) is 7.22. The van der Waals surface area contributed by atoms with E-state index in [0.717, 1.165) is 45.5 Å². The molecule has 1 aromatic heterocycles. The molecule has 148 valence electrons. The molecule has 1 heterocycles. The minimum absolute atomic E-state index is 0.236. The van der Waals surface area contributed by atoms with Gasteiger partial charge in [0.25, 0.3) is 0 Å². The standard InChI is InChI=1S/C25H31NO2/c1-8-10-11-20(16(3)4)17(5)14-18(6)22-15-24(28-9-2)21-12-13-23(27)19(7)25(21)26-22/h8,11-16,27H,1,5,9-10H2,2-4,6-7H3/b18-14+,20-11-. The van der Waals surface area contributed by atoms with E-state index >= 15 is 0 Å². The van der Waals surface area contributed by atoms with Crippen molar-refractivity contribution in [3.63, 3.8) is 0 Å². The zero-order valence-corrected chi connectivity index (χ0v) is 17.7. The SMILES string of the molecule is C=CC/C=C(\C(=C)/C=C(\C)c1cc(OCC)c2ccc(O)c(C)c2n1)C(C)C. The highest BCUT2D eigenvalue weighted by molar-refractivity contribution is 5.91. The largest absolute Gasteiger partial charge is 0.508 e. The maximum atomic E-state index is 10.1. The van der Waals surface area contributed by atoms with Crippen LogP contribution in [0.5, 0.6) is 11.5 Å². The molecular formula is C25H31NO2. The molecule has 0 atom stereocenters. The third kappa shape index (κ3) is 4.72. The summed E-state index contributed by atoms with van der Waals surface area (Å²) in [5.41, 5.74) is 5.50. The van der Waals surface area contributed by atoms with Gasteiger partial charge in [-0.05, 0) is 62.0 Å². The molecule has 0 amide bonds. The van der Waals surface area contributed by atoms with E-state index < -0.39 is 0 Å². The molecule has 0 radical (unpaired) electrons. The molecule has 28 heavy (non-hydrogen) atoms. The molecule has 0 fully saturated rings. The first-order valence-corrected chi connectivity index (χ1v) is 9.75. The first kappa shape index (κ1) is 21.5. The van der Waals surface area contributed by atoms with Gasteiger partial charge in [-0.2, -0.15) is 0 Å². The number of aromatic hydroxyl groups is 1. The maximum Gasteiger partial charge on any atom is 0.130 e. The van der Waals surface area contributed by atoms with Crippen molar-refractivity contribution < 1.29 is 9.84 Å². The molecule has 0 aliphatic heterocycles. The van der Waals surface area contributed by atoms with E-state index in [9.17, 15) is 5.11 Å². The van der Waals surface area contributed by atoms with Crippen LogP contribution in [-0.4, -0.2) is 16.7 Å². The van der Waals surface area contributed by atoms with Crippen LogP contribution in [0, 0.1) is 12.8 Å². The molecule has 0 saturated carbocycles. The van der Waals surface area contributed by atoms with Gasteiger partial charge in [0, 0.05) is 17.0 Å². The number of allylic oxidation sites excluding steroid dienone is 6. The Labute approximate surface area is 168 Å². The van der Waals surface area contributed by atoms with E-state index in [2.05, 4.69) is 39.2 Å². The lowest BCUT2D eigenvalue weighted by atomic mass is 9.93. The monoisotopic (exact) mass is 377 g/mol. The van der Waals surface area contributed by atoms with Crippen molar-refractivity contribution in [3.8, 4) is 11.5 Å². The average molecular weight is 378 g/mol. The van der Waals surface area contributed by atoms with Crippen molar-refractivity contribution in [1.29, 1.82) is 0 Å². The highest BCUT2D eigenvalue weighted by Crippen LogP contribution is 2.34. The summed E-state index contributed by atoms with van der Waals surface area (Å²) in [7, 11) is 0. The normalized spacial score (nSPS) is 12.5. The fourth-order valence-electron chi connectivity index (χ4n) is 3.23. The number of rotatable bonds is 8. The zero-order chi connectivity index (χ0) is 20.8. The van der Waals surface area contributed by atoms with Gasteiger partial charge in [-0.25, -0.2) is 4.98 Å². The number of phenolic OH excluding ortho intramolecular Hbond substituents is 1. The van der Waals surface area contributed by atoms with Crippen LogP contribution in [0.3, 0.4) is 0 Å². The van der Waals surface area contributed by atoms with Gasteiger partial charge in [0.05, 0.1) is 17.8 Å². The van der Waals surface area contributed by atoms with Crippen LogP contribution in [0.1, 0.15) is 45.4 Å². The lowest BCUT2D eigenvalue weighted by molar-refractivity contribution is 0.344. The molecule has 3 nitrogen and oxygen atoms in total. The molecule has 1 aromatic carbocycles. The predicted molar refractivity (Wildman–Crippen MR) is 120 cm³/mol. The molecule has 0 aliphatic rings. The van der Waals surface area contributed by atoms with Crippen molar-refractivity contribution >= 4 is 16.5 Å². The van der Waals surface area contributed by atoms with Crippen LogP contribution in [0.25, 0.3) is 16.5 Å². The predicted octanol–water partition coefficient (Wildman–Crippen LogP) is 6.77. The summed E-state index contributed by atoms with van der Waals surface area (Å²) in [6.45, 7) is 18.8. The lowest BCUT2D eigenvalue weighted by Gasteiger charge is -2.15. The van der Waals surface area contributed by atoms with E-state index in [0.29, 0.717) is 12.5 Å². The van der Waals surface area contributed by atoms with Crippen LogP contribution in [0.15, 0.2) is 60.7 Å². The van der Waals surface area contributed by atoms with Gasteiger partial charge in [-0.1, -0.05) is 38.7 Å². The highest BCUT2D eigenvalue weighted by Gasteiger charge is 2.13. The average Bonchev–Trinajstić information content (AvgIpc) is 2.65. The summed E-state index contributed by atoms with van der Waals surface area (Å²) in [6, 6.07) is 5.50. The third-order valence-corrected chi connectivity index (χ3v) is 4.76. The summed E-state index contributed by atoms with van der Waals surface area (Å²) in [5.74, 6) is 1.38. The highest BCUT2D eigenvalue weighted by atomic mass is 16.5. The number of hydrogen-bond acceptors (Lipinski definition) is 3. The number of aromatic nitrogens is 1. The Balaban J connectivity index is 2.56. The molecule has 3 heteroatoms. The van der Waals surface area contributed by atoms with Crippen LogP contribution in [-0.2, 0) is 0 Å². The minimum atomic E-state index is 0.236. The van der Waals surface area contributed by atoms with Gasteiger partial charge in [0.1, 0.15) is 11.5 Å². The van der Waals surface area contributed by atoms with E-state index in [-0.39, 0.29) is 5.75 Å². The lowest BCUT2D eigenvalue weighted by Crippen LogP contribution is -1.99. The molecular weight excluding hydrogens is 346 g/mol. The van der Waals surface area contributed by atoms with Crippen LogP contribution < -0.4 is 4.74 Å². The van der Waals surface area contributed by atoms with Gasteiger partial charge < -0.3 is 9.84 Å². The van der Waals surface area contributed by atoms with Gasteiger partial charge >= 0.3 is 0 Å². The van der Waals surface area contributed by atoms with Gasteiger partial charge in [0.15, 0.2) is 0 Å². The quantitative estimate of drug-likeness (QED) is 0.408. The number of phenols is 1. The van der Waals surface area contributed by atoms with Crippen LogP contribution >= 0.6 is 0 Å². The summed E-state index contributed by atoms with van der Waals surface area (Å²) in [4.78, 5) is 4.81. The Morgan fingerprint density at radius 1 is 1.32 bits per heavy atom. The fraction of sp³-hybridized carbons (Fsp3) is 0.320. The number of pyridine rings is 1. The van der Waals surface area contributed by atoms with Crippen molar-refractivity contribution in [2.75, 3.05) is 6.61 Å². The van der Waals surface area contributed by atoms with Crippen LogP contribution in [0.4, 0.5) is 0 Å². The van der Waals surface area contributed by atoms with Gasteiger partial charge in [0.2, 0.25) is 0 Å². The fourth-order valence-corrected chi connectivity index (χ4v) is 3.23. The maximum absolute atomic E-state index is 10.1. The van der Waals surface area contributed by atoms with Gasteiger partial charge in [-0.15, -0.1) is 6.58 Å². The first-order valence-electron chi connectivity index (χ1n) is 9.75. The molecule has 2 aromatic rings. The summed E-state index contributed by atoms with van der Waals surface area (Å²) >= 11 is 0. The third-order valence-electron chi connectivity index (χ3n) is 4.76. The van der Waals surface area contributed by atoms with E-state index in [4.69, 9.17) is 9.72 Å². The zero-order valence-electron chi connectivity index (χ0n) is 17.7. The smallest absolute Gasteiger partial charge is 0.130 e. The van der Waals surface area contributed by atoms with Crippen molar-refractivity contribution in [3.05, 3.63) is 72.0 Å². The second-order valence-corrected chi connectivity index (χ2v) is 7.24. The molecule has 0 aliphatic carbocycles. The van der Waals surface area contributed by atoms with Crippen LogP contribution in [0.2, 0.25) is 0 Å². The minimum Gasteiger partial charge on any atom is -0.508 e. The molecule has 0 saturated heterocycles. The Hall–Kier alpha value is -2.81. The van der Waals surface area contributed by atoms with E-state index in [1.54, 1.807) is 6.07 Å². The number of ether oxygens (including phenoxy) is 1. The molecule has 2 rings (SSSR count). The summed E-state index contributed by atoms with van der Waals surface area (Å²) in [6.07, 6.45) is 6.95. The summed E-state index contributed by atoms with van der Waals surface area (Å²) < 4.78 is 5.85. The topological polar surface area (TPSA) is 42.4 Å². The molecule has 0 bridgehead atoms. The Bertz CT molecular complexity index is 949. The van der Waals surface area contributed by atoms with Gasteiger partial charge in [-0.3, -0.25) is 0 Å². The first-order chi connectivity index (χ1) is 13.3. The summed E-state index contributed by atoms with van der Waals surface area (Å²) in [5, 5.41) is 11.0. The number of aryl methyl sites for hydroxylation is 1. The second kappa shape index (κ2) is 9.41. The van der Waals surface area contributed by atoms with E-state index in [1.165, 1.54) is 5.57 Å². The number of fused-ring (bicyclic) bond motifs is 1. The Morgan fingerprint density at radius 2 is 2.04 bits per heavy atom. The van der Waals surface area contributed by atoms with Crippen molar-refractivity contribution in [1.82, 2.24) is 4.98 Å². The molecule has 0 unspecified atom stereocenters. The Morgan fingerprint density at radius 3 is 2.64 bits per heavy atom. The van der Waals surface area contributed by atoms with E-state index in [1.807, 2.05) is 39.0 Å².